The fraction of sp³-hybridized carbons (Fsp3) is 0.438. The van der Waals surface area contributed by atoms with Crippen molar-refractivity contribution in [2.45, 2.75) is 32.4 Å². The lowest BCUT2D eigenvalue weighted by molar-refractivity contribution is 0.0298. The fourth-order valence-corrected chi connectivity index (χ4v) is 2.95. The van der Waals surface area contributed by atoms with Crippen LogP contribution in [0.5, 0.6) is 0 Å². The minimum Gasteiger partial charge on any atom is -0.398 e. The first-order valence-electron chi connectivity index (χ1n) is 7.32. The van der Waals surface area contributed by atoms with E-state index in [2.05, 4.69) is 16.8 Å². The molecule has 2 heterocycles. The van der Waals surface area contributed by atoms with Gasteiger partial charge < -0.3 is 15.4 Å². The predicted molar refractivity (Wildman–Crippen MR) is 83.0 cm³/mol. The third kappa shape index (κ3) is 2.42. The zero-order chi connectivity index (χ0) is 15.0. The van der Waals surface area contributed by atoms with E-state index in [-0.39, 0.29) is 18.0 Å². The smallest absolute Gasteiger partial charge is 0.150 e. The number of aromatic nitrogens is 1. The SMILES string of the molecule is CCC1COC(C)CN1c1c(F)cc(N)c2cccnc12. The average molecular weight is 289 g/mol. The maximum Gasteiger partial charge on any atom is 0.150 e. The summed E-state index contributed by atoms with van der Waals surface area (Å²) in [4.78, 5) is 6.45. The van der Waals surface area contributed by atoms with Crippen LogP contribution in [-0.2, 0) is 4.74 Å². The maximum absolute atomic E-state index is 14.6. The Bertz CT molecular complexity index is 661. The summed E-state index contributed by atoms with van der Waals surface area (Å²) in [6.45, 7) is 5.35. The molecule has 0 saturated carbocycles. The number of ether oxygens (including phenoxy) is 1. The lowest BCUT2D eigenvalue weighted by Crippen LogP contribution is -2.49. The van der Waals surface area contributed by atoms with Crippen molar-refractivity contribution in [2.24, 2.45) is 0 Å². The average Bonchev–Trinajstić information content (AvgIpc) is 2.47. The Kier molecular flexibility index (Phi) is 3.68. The molecule has 1 aliphatic rings. The monoisotopic (exact) mass is 289 g/mol. The highest BCUT2D eigenvalue weighted by atomic mass is 19.1. The van der Waals surface area contributed by atoms with Crippen molar-refractivity contribution >= 4 is 22.3 Å². The number of nitrogens with two attached hydrogens (primary N) is 1. The molecule has 0 amide bonds. The van der Waals surface area contributed by atoms with Gasteiger partial charge in [0.1, 0.15) is 5.69 Å². The van der Waals surface area contributed by atoms with E-state index in [1.54, 1.807) is 6.20 Å². The summed E-state index contributed by atoms with van der Waals surface area (Å²) in [7, 11) is 0. The highest BCUT2D eigenvalue weighted by Crippen LogP contribution is 2.35. The maximum atomic E-state index is 14.6. The van der Waals surface area contributed by atoms with Crippen LogP contribution in [0, 0.1) is 5.82 Å². The van der Waals surface area contributed by atoms with Gasteiger partial charge >= 0.3 is 0 Å². The van der Waals surface area contributed by atoms with Crippen LogP contribution in [0.3, 0.4) is 0 Å². The van der Waals surface area contributed by atoms with E-state index in [0.29, 0.717) is 30.0 Å². The van der Waals surface area contributed by atoms with E-state index in [0.717, 1.165) is 11.8 Å². The second kappa shape index (κ2) is 5.48. The Balaban J connectivity index is 2.18. The summed E-state index contributed by atoms with van der Waals surface area (Å²) in [6, 6.07) is 5.25. The molecule has 2 unspecified atom stereocenters. The zero-order valence-corrected chi connectivity index (χ0v) is 12.3. The third-order valence-electron chi connectivity index (χ3n) is 4.08. The number of nitrogens with zero attached hydrogens (tertiary/aromatic N) is 2. The first-order valence-corrected chi connectivity index (χ1v) is 7.32. The van der Waals surface area contributed by atoms with Gasteiger partial charge in [-0.1, -0.05) is 6.92 Å². The predicted octanol–water partition coefficient (Wildman–Crippen LogP) is 2.96. The van der Waals surface area contributed by atoms with E-state index >= 15 is 0 Å². The van der Waals surface area contributed by atoms with Gasteiger partial charge in [-0.25, -0.2) is 4.39 Å². The van der Waals surface area contributed by atoms with Gasteiger partial charge in [0.05, 0.1) is 24.3 Å². The topological polar surface area (TPSA) is 51.4 Å². The largest absolute Gasteiger partial charge is 0.398 e. The van der Waals surface area contributed by atoms with Gasteiger partial charge in [0, 0.05) is 23.8 Å². The lowest BCUT2D eigenvalue weighted by atomic mass is 10.1. The zero-order valence-electron chi connectivity index (χ0n) is 12.3. The molecular weight excluding hydrogens is 269 g/mol. The molecular formula is C16H20FN3O. The van der Waals surface area contributed by atoms with Crippen molar-refractivity contribution in [3.63, 3.8) is 0 Å². The van der Waals surface area contributed by atoms with E-state index in [9.17, 15) is 4.39 Å². The van der Waals surface area contributed by atoms with E-state index in [1.807, 2.05) is 19.1 Å². The minimum absolute atomic E-state index is 0.0727. The summed E-state index contributed by atoms with van der Waals surface area (Å²) >= 11 is 0. The van der Waals surface area contributed by atoms with Crippen LogP contribution in [0.25, 0.3) is 10.9 Å². The molecule has 0 aliphatic carbocycles. The minimum atomic E-state index is -0.314. The van der Waals surface area contributed by atoms with Crippen LogP contribution in [0.2, 0.25) is 0 Å². The molecule has 0 bridgehead atoms. The van der Waals surface area contributed by atoms with Crippen LogP contribution in [0.4, 0.5) is 15.8 Å². The molecule has 1 saturated heterocycles. The molecule has 2 N–H and O–H groups in total. The fourth-order valence-electron chi connectivity index (χ4n) is 2.95. The Morgan fingerprint density at radius 2 is 2.33 bits per heavy atom. The number of halogens is 1. The van der Waals surface area contributed by atoms with Gasteiger partial charge in [0.2, 0.25) is 0 Å². The molecule has 1 aliphatic heterocycles. The van der Waals surface area contributed by atoms with Gasteiger partial charge in [-0.05, 0) is 31.5 Å². The normalized spacial score (nSPS) is 22.7. The molecule has 1 aromatic heterocycles. The van der Waals surface area contributed by atoms with Gasteiger partial charge in [0.25, 0.3) is 0 Å². The number of pyridine rings is 1. The molecule has 4 nitrogen and oxygen atoms in total. The van der Waals surface area contributed by atoms with Gasteiger partial charge in [-0.2, -0.15) is 0 Å². The number of rotatable bonds is 2. The Morgan fingerprint density at radius 1 is 1.52 bits per heavy atom. The second-order valence-corrected chi connectivity index (χ2v) is 5.55. The van der Waals surface area contributed by atoms with Crippen molar-refractivity contribution in [1.29, 1.82) is 0 Å². The molecule has 3 rings (SSSR count). The molecule has 1 aromatic carbocycles. The Hall–Kier alpha value is -1.88. The van der Waals surface area contributed by atoms with Crippen molar-refractivity contribution < 1.29 is 9.13 Å². The molecule has 2 aromatic rings. The van der Waals surface area contributed by atoms with Crippen molar-refractivity contribution in [2.75, 3.05) is 23.8 Å². The summed E-state index contributed by atoms with van der Waals surface area (Å²) < 4.78 is 20.3. The van der Waals surface area contributed by atoms with Crippen molar-refractivity contribution in [1.82, 2.24) is 4.98 Å². The number of nitrogen functional groups attached to an aromatic ring is 1. The van der Waals surface area contributed by atoms with Gasteiger partial charge in [-0.15, -0.1) is 0 Å². The van der Waals surface area contributed by atoms with Gasteiger partial charge in [0.15, 0.2) is 5.82 Å². The third-order valence-corrected chi connectivity index (χ3v) is 4.08. The van der Waals surface area contributed by atoms with E-state index in [1.165, 1.54) is 6.07 Å². The van der Waals surface area contributed by atoms with Crippen molar-refractivity contribution in [3.8, 4) is 0 Å². The quantitative estimate of drug-likeness (QED) is 0.864. The second-order valence-electron chi connectivity index (χ2n) is 5.55. The molecule has 112 valence electrons. The van der Waals surface area contributed by atoms with Crippen LogP contribution < -0.4 is 10.6 Å². The molecule has 5 heteroatoms. The van der Waals surface area contributed by atoms with Crippen LogP contribution in [0.1, 0.15) is 20.3 Å². The number of hydrogen-bond donors (Lipinski definition) is 1. The Labute approximate surface area is 123 Å². The summed E-state index contributed by atoms with van der Waals surface area (Å²) in [5.41, 5.74) is 7.52. The Morgan fingerprint density at radius 3 is 3.10 bits per heavy atom. The number of anilines is 2. The van der Waals surface area contributed by atoms with E-state index < -0.39 is 0 Å². The summed E-state index contributed by atoms with van der Waals surface area (Å²) in [5, 5.41) is 0.794. The standard InChI is InChI=1S/C16H20FN3O/c1-3-11-9-21-10(2)8-20(11)16-13(17)7-14(18)12-5-4-6-19-15(12)16/h4-7,10-11H,3,8-9,18H2,1-2H3. The molecule has 0 radical (unpaired) electrons. The van der Waals surface area contributed by atoms with Gasteiger partial charge in [-0.3, -0.25) is 4.98 Å². The first-order chi connectivity index (χ1) is 10.1. The highest BCUT2D eigenvalue weighted by Gasteiger charge is 2.29. The van der Waals surface area contributed by atoms with Crippen molar-refractivity contribution in [3.05, 3.63) is 30.2 Å². The summed E-state index contributed by atoms with van der Waals surface area (Å²) in [6.07, 6.45) is 2.64. The molecule has 2 atom stereocenters. The van der Waals surface area contributed by atoms with E-state index in [4.69, 9.17) is 10.5 Å². The summed E-state index contributed by atoms with van der Waals surface area (Å²) in [5.74, 6) is -0.314. The molecule has 1 fully saturated rings. The molecule has 0 spiro atoms. The van der Waals surface area contributed by atoms with Crippen LogP contribution in [0.15, 0.2) is 24.4 Å². The number of benzene rings is 1. The lowest BCUT2D eigenvalue weighted by Gasteiger charge is -2.40. The number of fused-ring (bicyclic) bond motifs is 1. The van der Waals surface area contributed by atoms with Crippen LogP contribution in [-0.4, -0.2) is 30.3 Å². The first kappa shape index (κ1) is 14.1. The highest BCUT2D eigenvalue weighted by molar-refractivity contribution is 5.99. The number of morpholine rings is 1. The van der Waals surface area contributed by atoms with Crippen LogP contribution >= 0.6 is 0 Å². The molecule has 21 heavy (non-hydrogen) atoms. The number of hydrogen-bond acceptors (Lipinski definition) is 4.